The lowest BCUT2D eigenvalue weighted by Gasteiger charge is -2.33. The molecule has 1 heterocycles. The van der Waals surface area contributed by atoms with Gasteiger partial charge in [-0.2, -0.15) is 0 Å². The van der Waals surface area contributed by atoms with Crippen molar-refractivity contribution in [3.8, 4) is 5.75 Å². The van der Waals surface area contributed by atoms with Gasteiger partial charge in [0.1, 0.15) is 12.4 Å². The predicted molar refractivity (Wildman–Crippen MR) is 124 cm³/mol. The van der Waals surface area contributed by atoms with Gasteiger partial charge in [0.25, 0.3) is 5.91 Å². The van der Waals surface area contributed by atoms with Crippen LogP contribution in [0.3, 0.4) is 0 Å². The second kappa shape index (κ2) is 10.1. The van der Waals surface area contributed by atoms with Crippen LogP contribution in [0.25, 0.3) is 0 Å². The van der Waals surface area contributed by atoms with E-state index in [4.69, 9.17) is 9.47 Å². The fourth-order valence-electron chi connectivity index (χ4n) is 3.78. The molecular formula is C26H28N2O3. The van der Waals surface area contributed by atoms with Crippen molar-refractivity contribution in [3.05, 3.63) is 90.0 Å². The second-order valence-electron chi connectivity index (χ2n) is 7.73. The van der Waals surface area contributed by atoms with Crippen LogP contribution in [0.5, 0.6) is 5.75 Å². The number of piperidine rings is 1. The molecule has 1 N–H and O–H groups in total. The lowest BCUT2D eigenvalue weighted by atomic mass is 10.1. The van der Waals surface area contributed by atoms with Crippen molar-refractivity contribution in [1.29, 1.82) is 0 Å². The average molecular weight is 417 g/mol. The van der Waals surface area contributed by atoms with Crippen molar-refractivity contribution in [2.75, 3.05) is 30.4 Å². The van der Waals surface area contributed by atoms with Gasteiger partial charge in [-0.05, 0) is 60.9 Å². The van der Waals surface area contributed by atoms with Gasteiger partial charge in [-0.15, -0.1) is 0 Å². The minimum atomic E-state index is -0.154. The van der Waals surface area contributed by atoms with Crippen molar-refractivity contribution in [1.82, 2.24) is 0 Å². The Bertz CT molecular complexity index is 981. The number of methoxy groups -OCH3 is 1. The Kier molecular flexibility index (Phi) is 6.85. The van der Waals surface area contributed by atoms with Gasteiger partial charge in [0.05, 0.1) is 6.10 Å². The number of nitrogens with one attached hydrogen (secondary N) is 1. The molecule has 31 heavy (non-hydrogen) atoms. The number of carbonyl (C=O) groups excluding carboxylic acids is 1. The Hall–Kier alpha value is -3.31. The fraction of sp³-hybridized carbons (Fsp3) is 0.269. The highest BCUT2D eigenvalue weighted by molar-refractivity contribution is 6.04. The number of anilines is 2. The zero-order chi connectivity index (χ0) is 21.5. The molecule has 0 spiro atoms. The maximum atomic E-state index is 12.7. The van der Waals surface area contributed by atoms with E-state index >= 15 is 0 Å². The molecule has 1 aliphatic heterocycles. The Labute approximate surface area is 183 Å². The normalized spacial score (nSPS) is 14.3. The van der Waals surface area contributed by atoms with E-state index in [2.05, 4.69) is 22.3 Å². The van der Waals surface area contributed by atoms with E-state index in [1.807, 2.05) is 54.6 Å². The molecular weight excluding hydrogens is 388 g/mol. The van der Waals surface area contributed by atoms with E-state index in [0.717, 1.165) is 37.2 Å². The van der Waals surface area contributed by atoms with Crippen LogP contribution in [0, 0.1) is 0 Å². The number of nitrogens with zero attached hydrogens (tertiary/aromatic N) is 1. The zero-order valence-corrected chi connectivity index (χ0v) is 17.8. The molecule has 0 radical (unpaired) electrons. The van der Waals surface area contributed by atoms with Crippen molar-refractivity contribution >= 4 is 17.3 Å². The second-order valence-corrected chi connectivity index (χ2v) is 7.73. The van der Waals surface area contributed by atoms with E-state index in [-0.39, 0.29) is 5.91 Å². The summed E-state index contributed by atoms with van der Waals surface area (Å²) in [7, 11) is 1.78. The SMILES string of the molecule is COC1CCN(c2ccc(NC(=O)c3cccc(OCc4ccccc4)c3)cc2)CC1. The molecule has 3 aromatic carbocycles. The minimum Gasteiger partial charge on any atom is -0.489 e. The van der Waals surface area contributed by atoms with Crippen LogP contribution < -0.4 is 15.0 Å². The molecule has 0 aliphatic carbocycles. The average Bonchev–Trinajstić information content (AvgIpc) is 2.84. The number of hydrogen-bond donors (Lipinski definition) is 1. The first kappa shape index (κ1) is 20.9. The first-order valence-corrected chi connectivity index (χ1v) is 10.7. The van der Waals surface area contributed by atoms with Crippen LogP contribution in [-0.2, 0) is 11.3 Å². The molecule has 0 atom stereocenters. The van der Waals surface area contributed by atoms with Crippen molar-refractivity contribution < 1.29 is 14.3 Å². The summed E-state index contributed by atoms with van der Waals surface area (Å²) >= 11 is 0. The standard InChI is InChI=1S/C26H28N2O3/c1-30-24-14-16-28(17-15-24)23-12-10-22(11-13-23)27-26(29)21-8-5-9-25(18-21)31-19-20-6-3-2-4-7-20/h2-13,18,24H,14-17,19H2,1H3,(H,27,29). The molecule has 1 saturated heterocycles. The molecule has 0 bridgehead atoms. The molecule has 5 nitrogen and oxygen atoms in total. The van der Waals surface area contributed by atoms with Crippen LogP contribution in [0.1, 0.15) is 28.8 Å². The number of carbonyl (C=O) groups is 1. The molecule has 1 aliphatic rings. The summed E-state index contributed by atoms with van der Waals surface area (Å²) in [6.45, 7) is 2.44. The van der Waals surface area contributed by atoms with Crippen molar-refractivity contribution in [3.63, 3.8) is 0 Å². The van der Waals surface area contributed by atoms with Crippen molar-refractivity contribution in [2.24, 2.45) is 0 Å². The summed E-state index contributed by atoms with van der Waals surface area (Å²) in [6.07, 6.45) is 2.44. The highest BCUT2D eigenvalue weighted by Gasteiger charge is 2.18. The van der Waals surface area contributed by atoms with Crippen LogP contribution in [0.4, 0.5) is 11.4 Å². The summed E-state index contributed by atoms with van der Waals surface area (Å²) in [6, 6.07) is 25.2. The Balaban J connectivity index is 1.34. The molecule has 4 rings (SSSR count). The summed E-state index contributed by atoms with van der Waals surface area (Å²) in [5.41, 5.74) is 3.60. The fourth-order valence-corrected chi connectivity index (χ4v) is 3.78. The number of hydrogen-bond acceptors (Lipinski definition) is 4. The maximum absolute atomic E-state index is 12.7. The molecule has 3 aromatic rings. The monoisotopic (exact) mass is 416 g/mol. The van der Waals surface area contributed by atoms with Crippen molar-refractivity contribution in [2.45, 2.75) is 25.6 Å². The lowest BCUT2D eigenvalue weighted by molar-refractivity contribution is 0.0819. The third-order valence-electron chi connectivity index (χ3n) is 5.61. The summed E-state index contributed by atoms with van der Waals surface area (Å²) < 4.78 is 11.3. The quantitative estimate of drug-likeness (QED) is 0.580. The first-order valence-electron chi connectivity index (χ1n) is 10.7. The van der Waals surface area contributed by atoms with Gasteiger partial charge in [0, 0.05) is 37.1 Å². The van der Waals surface area contributed by atoms with Gasteiger partial charge < -0.3 is 19.7 Å². The molecule has 1 amide bonds. The van der Waals surface area contributed by atoms with Crippen LogP contribution in [-0.4, -0.2) is 32.2 Å². The van der Waals surface area contributed by atoms with Gasteiger partial charge in [-0.3, -0.25) is 4.79 Å². The van der Waals surface area contributed by atoms with E-state index in [1.165, 1.54) is 5.69 Å². The van der Waals surface area contributed by atoms with Gasteiger partial charge in [-0.1, -0.05) is 36.4 Å². The highest BCUT2D eigenvalue weighted by atomic mass is 16.5. The van der Waals surface area contributed by atoms with Gasteiger partial charge in [0.15, 0.2) is 0 Å². The predicted octanol–water partition coefficient (Wildman–Crippen LogP) is 5.13. The van der Waals surface area contributed by atoms with Gasteiger partial charge >= 0.3 is 0 Å². The van der Waals surface area contributed by atoms with Crippen LogP contribution in [0.2, 0.25) is 0 Å². The molecule has 0 unspecified atom stereocenters. The Morgan fingerprint density at radius 1 is 0.968 bits per heavy atom. The summed E-state index contributed by atoms with van der Waals surface area (Å²) in [4.78, 5) is 15.1. The smallest absolute Gasteiger partial charge is 0.255 e. The number of rotatable bonds is 7. The molecule has 5 heteroatoms. The highest BCUT2D eigenvalue weighted by Crippen LogP contribution is 2.23. The number of ether oxygens (including phenoxy) is 2. The third kappa shape index (κ3) is 5.64. The van der Waals surface area contributed by atoms with Gasteiger partial charge in [0.2, 0.25) is 0 Å². The molecule has 1 fully saturated rings. The van der Waals surface area contributed by atoms with E-state index < -0.39 is 0 Å². The third-order valence-corrected chi connectivity index (χ3v) is 5.61. The minimum absolute atomic E-state index is 0.154. The Morgan fingerprint density at radius 3 is 2.42 bits per heavy atom. The topological polar surface area (TPSA) is 50.8 Å². The summed E-state index contributed by atoms with van der Waals surface area (Å²) in [5, 5.41) is 2.97. The number of benzene rings is 3. The van der Waals surface area contributed by atoms with E-state index in [0.29, 0.717) is 24.0 Å². The molecule has 0 aromatic heterocycles. The summed E-state index contributed by atoms with van der Waals surface area (Å²) in [5.74, 6) is 0.519. The van der Waals surface area contributed by atoms with Crippen LogP contribution in [0.15, 0.2) is 78.9 Å². The molecule has 0 saturated carbocycles. The lowest BCUT2D eigenvalue weighted by Crippen LogP contribution is -2.36. The van der Waals surface area contributed by atoms with E-state index in [9.17, 15) is 4.79 Å². The Morgan fingerprint density at radius 2 is 1.71 bits per heavy atom. The van der Waals surface area contributed by atoms with Crippen LogP contribution >= 0.6 is 0 Å². The first-order chi connectivity index (χ1) is 15.2. The number of amides is 1. The van der Waals surface area contributed by atoms with E-state index in [1.54, 1.807) is 19.2 Å². The zero-order valence-electron chi connectivity index (χ0n) is 17.8. The maximum Gasteiger partial charge on any atom is 0.255 e. The molecule has 160 valence electrons. The largest absolute Gasteiger partial charge is 0.489 e. The van der Waals surface area contributed by atoms with Gasteiger partial charge in [-0.25, -0.2) is 0 Å².